The maximum atomic E-state index is 13.8. The summed E-state index contributed by atoms with van der Waals surface area (Å²) >= 11 is 0. The third-order valence-electron chi connectivity index (χ3n) is 7.11. The molecular formula is C26H32N4O3. The van der Waals surface area contributed by atoms with Crippen molar-refractivity contribution >= 4 is 17.7 Å². The maximum Gasteiger partial charge on any atom is 0.241 e. The first-order valence-corrected chi connectivity index (χ1v) is 11.6. The molecule has 3 heterocycles. The molecule has 4 rings (SSSR count). The highest BCUT2D eigenvalue weighted by atomic mass is 16.2. The number of carbonyl (C=O) groups excluding carboxylic acids is 3. The molecule has 174 valence electrons. The fourth-order valence-electron chi connectivity index (χ4n) is 5.04. The Labute approximate surface area is 195 Å². The third-order valence-corrected chi connectivity index (χ3v) is 7.11. The van der Waals surface area contributed by atoms with Crippen molar-refractivity contribution in [2.45, 2.75) is 50.1 Å². The van der Waals surface area contributed by atoms with Gasteiger partial charge in [-0.05, 0) is 49.7 Å². The lowest BCUT2D eigenvalue weighted by molar-refractivity contribution is -0.143. The van der Waals surface area contributed by atoms with Crippen molar-refractivity contribution in [3.8, 4) is 0 Å². The maximum absolute atomic E-state index is 13.8. The molecule has 0 spiro atoms. The molecule has 0 aliphatic carbocycles. The smallest absolute Gasteiger partial charge is 0.241 e. The number of carbonyl (C=O) groups is 3. The minimum atomic E-state index is -1.17. The van der Waals surface area contributed by atoms with Crippen LogP contribution >= 0.6 is 0 Å². The Bertz CT molecular complexity index is 997. The van der Waals surface area contributed by atoms with Crippen molar-refractivity contribution in [2.24, 2.45) is 0 Å². The van der Waals surface area contributed by atoms with Gasteiger partial charge in [0.15, 0.2) is 0 Å². The number of likely N-dealkylation sites (tertiary alicyclic amines) is 2. The van der Waals surface area contributed by atoms with Gasteiger partial charge in [0.25, 0.3) is 0 Å². The van der Waals surface area contributed by atoms with Crippen molar-refractivity contribution < 1.29 is 14.4 Å². The molecule has 2 atom stereocenters. The van der Waals surface area contributed by atoms with Crippen LogP contribution in [0.5, 0.6) is 0 Å². The van der Waals surface area contributed by atoms with E-state index in [0.29, 0.717) is 12.6 Å². The Morgan fingerprint density at radius 3 is 2.55 bits per heavy atom. The first-order chi connectivity index (χ1) is 15.9. The van der Waals surface area contributed by atoms with Crippen LogP contribution in [0.15, 0.2) is 54.9 Å². The second-order valence-corrected chi connectivity index (χ2v) is 9.35. The molecule has 33 heavy (non-hydrogen) atoms. The Hall–Kier alpha value is -3.06. The van der Waals surface area contributed by atoms with Gasteiger partial charge in [0.05, 0.1) is 12.0 Å². The predicted octanol–water partition coefficient (Wildman–Crippen LogP) is 2.61. The number of aromatic nitrogens is 1. The quantitative estimate of drug-likeness (QED) is 0.609. The minimum absolute atomic E-state index is 0.00381. The molecule has 0 radical (unpaired) electrons. The Morgan fingerprint density at radius 2 is 1.85 bits per heavy atom. The molecule has 7 nitrogen and oxygen atoms in total. The molecule has 0 bridgehead atoms. The van der Waals surface area contributed by atoms with Crippen LogP contribution in [0.1, 0.15) is 43.2 Å². The largest absolute Gasteiger partial charge is 0.344 e. The van der Waals surface area contributed by atoms with E-state index in [1.54, 1.807) is 36.5 Å². The van der Waals surface area contributed by atoms with Gasteiger partial charge >= 0.3 is 0 Å². The number of pyridine rings is 1. The van der Waals surface area contributed by atoms with Gasteiger partial charge in [-0.2, -0.15) is 0 Å². The molecule has 0 N–H and O–H groups in total. The van der Waals surface area contributed by atoms with Gasteiger partial charge < -0.3 is 9.80 Å². The highest BCUT2D eigenvalue weighted by molar-refractivity contribution is 6.10. The number of nitrogens with zero attached hydrogens (tertiary/aromatic N) is 4. The second kappa shape index (κ2) is 9.83. The predicted molar refractivity (Wildman–Crippen MR) is 125 cm³/mol. The van der Waals surface area contributed by atoms with Crippen molar-refractivity contribution in [1.82, 2.24) is 19.7 Å². The van der Waals surface area contributed by atoms with Crippen LogP contribution in [-0.4, -0.2) is 70.6 Å². The van der Waals surface area contributed by atoms with Crippen LogP contribution in [0, 0.1) is 0 Å². The van der Waals surface area contributed by atoms with Gasteiger partial charge in [-0.15, -0.1) is 0 Å². The number of imide groups is 1. The second-order valence-electron chi connectivity index (χ2n) is 9.35. The Balaban J connectivity index is 1.57. The Kier molecular flexibility index (Phi) is 6.88. The van der Waals surface area contributed by atoms with Crippen molar-refractivity contribution in [2.75, 3.05) is 27.2 Å². The average molecular weight is 449 g/mol. The van der Waals surface area contributed by atoms with E-state index >= 15 is 0 Å². The van der Waals surface area contributed by atoms with E-state index in [2.05, 4.69) is 16.9 Å². The van der Waals surface area contributed by atoms with Gasteiger partial charge in [0.2, 0.25) is 17.7 Å². The summed E-state index contributed by atoms with van der Waals surface area (Å²) in [4.78, 5) is 49.5. The lowest BCUT2D eigenvalue weighted by Gasteiger charge is -2.36. The fourth-order valence-corrected chi connectivity index (χ4v) is 5.04. The van der Waals surface area contributed by atoms with E-state index in [1.807, 2.05) is 30.3 Å². The summed E-state index contributed by atoms with van der Waals surface area (Å²) < 4.78 is 0. The summed E-state index contributed by atoms with van der Waals surface area (Å²) in [6, 6.07) is 13.2. The fraction of sp³-hybridized carbons (Fsp3) is 0.462. The van der Waals surface area contributed by atoms with Gasteiger partial charge in [0.1, 0.15) is 0 Å². The molecule has 2 aliphatic rings. The number of hydrogen-bond acceptors (Lipinski definition) is 5. The first-order valence-electron chi connectivity index (χ1n) is 11.6. The van der Waals surface area contributed by atoms with Crippen LogP contribution in [0.25, 0.3) is 0 Å². The van der Waals surface area contributed by atoms with Crippen LogP contribution in [-0.2, 0) is 26.3 Å². The molecule has 1 aromatic carbocycles. The summed E-state index contributed by atoms with van der Waals surface area (Å²) in [5.74, 6) is -0.653. The summed E-state index contributed by atoms with van der Waals surface area (Å²) in [6.45, 7) is 1.85. The van der Waals surface area contributed by atoms with Crippen molar-refractivity contribution in [3.63, 3.8) is 0 Å². The number of amides is 3. The first kappa shape index (κ1) is 23.1. The van der Waals surface area contributed by atoms with Gasteiger partial charge in [-0.1, -0.05) is 36.8 Å². The lowest BCUT2D eigenvalue weighted by Crippen LogP contribution is -2.47. The summed E-state index contributed by atoms with van der Waals surface area (Å²) in [5, 5.41) is 0. The van der Waals surface area contributed by atoms with Crippen LogP contribution in [0.3, 0.4) is 0 Å². The average Bonchev–Trinajstić information content (AvgIpc) is 3.06. The highest BCUT2D eigenvalue weighted by Crippen LogP contribution is 2.41. The molecule has 2 saturated heterocycles. The van der Waals surface area contributed by atoms with Crippen molar-refractivity contribution in [1.29, 1.82) is 0 Å². The van der Waals surface area contributed by atoms with Crippen molar-refractivity contribution in [3.05, 3.63) is 66.0 Å². The van der Waals surface area contributed by atoms with Gasteiger partial charge in [0, 0.05) is 44.9 Å². The standard InChI is InChI=1S/C26H32N4O3/c1-28-15-7-6-10-22(28)19-29(2)23(31)16-26(21-8-4-3-5-9-21)17-24(32)30(25(26)33)18-20-11-13-27-14-12-20/h3-5,8-9,11-14,22H,6-7,10,15-19H2,1-2H3/t22-,26+/m1/s1. The molecule has 7 heteroatoms. The molecule has 1 aromatic heterocycles. The number of hydrogen-bond donors (Lipinski definition) is 0. The molecular weight excluding hydrogens is 416 g/mol. The molecule has 0 saturated carbocycles. The minimum Gasteiger partial charge on any atom is -0.344 e. The molecule has 2 aliphatic heterocycles. The van der Waals surface area contributed by atoms with E-state index < -0.39 is 5.41 Å². The van der Waals surface area contributed by atoms with E-state index in [-0.39, 0.29) is 37.1 Å². The summed E-state index contributed by atoms with van der Waals surface area (Å²) in [6.07, 6.45) is 6.70. The van der Waals surface area contributed by atoms with Crippen LogP contribution in [0.2, 0.25) is 0 Å². The zero-order chi connectivity index (χ0) is 23.4. The number of likely N-dealkylation sites (N-methyl/N-ethyl adjacent to an activating group) is 2. The topological polar surface area (TPSA) is 73.8 Å². The zero-order valence-corrected chi connectivity index (χ0v) is 19.4. The lowest BCUT2D eigenvalue weighted by atomic mass is 9.75. The SMILES string of the molecule is CN(C[C@H]1CCCCN1C)C(=O)C[C@@]1(c2ccccc2)CC(=O)N(Cc2ccncc2)C1=O. The zero-order valence-electron chi connectivity index (χ0n) is 19.4. The van der Waals surface area contributed by atoms with Crippen LogP contribution in [0.4, 0.5) is 0 Å². The summed E-state index contributed by atoms with van der Waals surface area (Å²) in [7, 11) is 3.91. The van der Waals surface area contributed by atoms with Gasteiger partial charge in [-0.25, -0.2) is 0 Å². The Morgan fingerprint density at radius 1 is 1.12 bits per heavy atom. The highest BCUT2D eigenvalue weighted by Gasteiger charge is 2.54. The molecule has 2 fully saturated rings. The van der Waals surface area contributed by atoms with E-state index in [0.717, 1.165) is 24.1 Å². The number of rotatable bonds is 7. The van der Waals surface area contributed by atoms with E-state index in [4.69, 9.17) is 0 Å². The molecule has 3 amide bonds. The van der Waals surface area contributed by atoms with E-state index in [9.17, 15) is 14.4 Å². The normalized spacial score (nSPS) is 23.7. The number of benzene rings is 1. The third kappa shape index (κ3) is 4.83. The van der Waals surface area contributed by atoms with Gasteiger partial charge in [-0.3, -0.25) is 24.3 Å². The molecule has 2 aromatic rings. The van der Waals surface area contributed by atoms with E-state index in [1.165, 1.54) is 17.7 Å². The monoisotopic (exact) mass is 448 g/mol. The van der Waals surface area contributed by atoms with Crippen LogP contribution < -0.4 is 0 Å². The molecule has 0 unspecified atom stereocenters. The number of piperidine rings is 1. The summed E-state index contributed by atoms with van der Waals surface area (Å²) in [5.41, 5.74) is 0.381.